The van der Waals surface area contributed by atoms with Crippen LogP contribution in [0.25, 0.3) is 0 Å². The number of benzene rings is 2. The largest absolute Gasteiger partial charge is 0.450 e. The fourth-order valence-corrected chi connectivity index (χ4v) is 1.57. The number of ether oxygens (including phenoxy) is 1. The van der Waals surface area contributed by atoms with Crippen LogP contribution >= 0.6 is 0 Å². The SMILES string of the molecule is Nc1cc(Oc2ccccc2)c([N+](=O)[O-])cc1[N+](=O)[O-]. The molecule has 20 heavy (non-hydrogen) atoms. The third kappa shape index (κ3) is 2.64. The van der Waals surface area contributed by atoms with Crippen molar-refractivity contribution in [2.45, 2.75) is 0 Å². The van der Waals surface area contributed by atoms with Gasteiger partial charge in [-0.05, 0) is 12.1 Å². The van der Waals surface area contributed by atoms with Crippen LogP contribution in [-0.2, 0) is 0 Å². The molecule has 0 heterocycles. The molecule has 0 aliphatic rings. The molecule has 0 bridgehead atoms. The molecule has 0 aliphatic carbocycles. The number of hydrogen-bond donors (Lipinski definition) is 1. The van der Waals surface area contributed by atoms with Crippen LogP contribution in [0.3, 0.4) is 0 Å². The Balaban J connectivity index is 2.49. The van der Waals surface area contributed by atoms with E-state index in [1.165, 1.54) is 0 Å². The predicted molar refractivity (Wildman–Crippen MR) is 70.7 cm³/mol. The number of rotatable bonds is 4. The number of nitrogen functional groups attached to an aromatic ring is 1. The predicted octanol–water partition coefficient (Wildman–Crippen LogP) is 2.88. The van der Waals surface area contributed by atoms with Crippen molar-refractivity contribution in [3.05, 3.63) is 62.7 Å². The molecule has 0 spiro atoms. The van der Waals surface area contributed by atoms with Gasteiger partial charge in [-0.25, -0.2) is 0 Å². The molecule has 2 aromatic carbocycles. The number of nitro benzene ring substituents is 2. The summed E-state index contributed by atoms with van der Waals surface area (Å²) in [5, 5.41) is 21.7. The van der Waals surface area contributed by atoms with Gasteiger partial charge >= 0.3 is 5.69 Å². The Labute approximate surface area is 112 Å². The van der Waals surface area contributed by atoms with Gasteiger partial charge < -0.3 is 10.5 Å². The summed E-state index contributed by atoms with van der Waals surface area (Å²) in [6.45, 7) is 0. The van der Waals surface area contributed by atoms with Crippen LogP contribution in [0.4, 0.5) is 17.1 Å². The van der Waals surface area contributed by atoms with E-state index in [0.29, 0.717) is 5.75 Å². The van der Waals surface area contributed by atoms with Crippen molar-refractivity contribution in [2.75, 3.05) is 5.73 Å². The zero-order valence-corrected chi connectivity index (χ0v) is 10.1. The Morgan fingerprint density at radius 3 is 2.10 bits per heavy atom. The van der Waals surface area contributed by atoms with E-state index >= 15 is 0 Å². The van der Waals surface area contributed by atoms with Gasteiger partial charge in [0.2, 0.25) is 5.75 Å². The minimum atomic E-state index is -0.783. The molecule has 2 aromatic rings. The Morgan fingerprint density at radius 1 is 0.950 bits per heavy atom. The molecule has 0 aromatic heterocycles. The van der Waals surface area contributed by atoms with Gasteiger partial charge in [-0.3, -0.25) is 20.2 Å². The topological polar surface area (TPSA) is 122 Å². The maximum atomic E-state index is 11.0. The van der Waals surface area contributed by atoms with E-state index in [-0.39, 0.29) is 11.4 Å². The van der Waals surface area contributed by atoms with Crippen LogP contribution in [0, 0.1) is 20.2 Å². The van der Waals surface area contributed by atoms with E-state index in [9.17, 15) is 20.2 Å². The average molecular weight is 275 g/mol. The number of anilines is 1. The molecule has 102 valence electrons. The van der Waals surface area contributed by atoms with E-state index in [2.05, 4.69) is 0 Å². The van der Waals surface area contributed by atoms with Gasteiger partial charge in [0.1, 0.15) is 11.4 Å². The quantitative estimate of drug-likeness (QED) is 0.520. The number of hydrogen-bond acceptors (Lipinski definition) is 6. The van der Waals surface area contributed by atoms with Crippen molar-refractivity contribution in [3.8, 4) is 11.5 Å². The van der Waals surface area contributed by atoms with Crippen LogP contribution in [-0.4, -0.2) is 9.85 Å². The highest BCUT2D eigenvalue weighted by molar-refractivity contribution is 5.68. The number of nitrogens with two attached hydrogens (primary N) is 1. The minimum Gasteiger partial charge on any atom is -0.450 e. The number of para-hydroxylation sites is 1. The fourth-order valence-electron chi connectivity index (χ4n) is 1.57. The lowest BCUT2D eigenvalue weighted by molar-refractivity contribution is -0.394. The zero-order valence-electron chi connectivity index (χ0n) is 10.1. The lowest BCUT2D eigenvalue weighted by atomic mass is 10.2. The van der Waals surface area contributed by atoms with Gasteiger partial charge in [-0.2, -0.15) is 0 Å². The van der Waals surface area contributed by atoms with E-state index in [1.54, 1.807) is 30.3 Å². The lowest BCUT2D eigenvalue weighted by Crippen LogP contribution is -2.00. The molecule has 0 amide bonds. The molecule has 0 radical (unpaired) electrons. The van der Waals surface area contributed by atoms with Gasteiger partial charge in [-0.1, -0.05) is 18.2 Å². The Kier molecular flexibility index (Phi) is 3.47. The molecule has 0 unspecified atom stereocenters. The van der Waals surface area contributed by atoms with Crippen molar-refractivity contribution in [2.24, 2.45) is 0 Å². The first kappa shape index (κ1) is 13.3. The summed E-state index contributed by atoms with van der Waals surface area (Å²) in [7, 11) is 0. The first-order chi connectivity index (χ1) is 9.49. The average Bonchev–Trinajstić information content (AvgIpc) is 2.39. The summed E-state index contributed by atoms with van der Waals surface area (Å²) in [6.07, 6.45) is 0. The Bertz CT molecular complexity index is 672. The fraction of sp³-hybridized carbons (Fsp3) is 0. The molecule has 2 rings (SSSR count). The Hall–Kier alpha value is -3.16. The van der Waals surface area contributed by atoms with Crippen molar-refractivity contribution >= 4 is 17.1 Å². The molecule has 0 fully saturated rings. The second-order valence-electron chi connectivity index (χ2n) is 3.81. The van der Waals surface area contributed by atoms with Crippen LogP contribution in [0.5, 0.6) is 11.5 Å². The van der Waals surface area contributed by atoms with Crippen molar-refractivity contribution in [3.63, 3.8) is 0 Å². The molecular weight excluding hydrogens is 266 g/mol. The molecule has 0 aliphatic heterocycles. The van der Waals surface area contributed by atoms with Crippen molar-refractivity contribution in [1.82, 2.24) is 0 Å². The standard InChI is InChI=1S/C12H9N3O5/c13-9-6-12(20-8-4-2-1-3-5-8)11(15(18)19)7-10(9)14(16)17/h1-7H,13H2. The van der Waals surface area contributed by atoms with Crippen LogP contribution in [0.2, 0.25) is 0 Å². The highest BCUT2D eigenvalue weighted by atomic mass is 16.6. The second-order valence-corrected chi connectivity index (χ2v) is 3.81. The third-order valence-electron chi connectivity index (χ3n) is 2.47. The van der Waals surface area contributed by atoms with Crippen LogP contribution in [0.1, 0.15) is 0 Å². The summed E-state index contributed by atoms with van der Waals surface area (Å²) >= 11 is 0. The Morgan fingerprint density at radius 2 is 1.55 bits per heavy atom. The van der Waals surface area contributed by atoms with E-state index in [0.717, 1.165) is 12.1 Å². The molecule has 0 atom stereocenters. The smallest absolute Gasteiger partial charge is 0.318 e. The summed E-state index contributed by atoms with van der Waals surface area (Å²) in [5.41, 5.74) is 4.25. The van der Waals surface area contributed by atoms with Gasteiger partial charge in [0.05, 0.1) is 15.9 Å². The van der Waals surface area contributed by atoms with Gasteiger partial charge in [0.15, 0.2) is 0 Å². The van der Waals surface area contributed by atoms with E-state index in [1.807, 2.05) is 0 Å². The molecular formula is C12H9N3O5. The van der Waals surface area contributed by atoms with Crippen molar-refractivity contribution in [1.29, 1.82) is 0 Å². The van der Waals surface area contributed by atoms with Gasteiger partial charge in [0, 0.05) is 6.07 Å². The number of nitro groups is 2. The molecule has 2 N–H and O–H groups in total. The van der Waals surface area contributed by atoms with E-state index < -0.39 is 21.2 Å². The normalized spacial score (nSPS) is 10.0. The molecule has 8 heteroatoms. The van der Waals surface area contributed by atoms with Crippen LogP contribution in [0.15, 0.2) is 42.5 Å². The first-order valence-electron chi connectivity index (χ1n) is 5.44. The minimum absolute atomic E-state index is 0.149. The summed E-state index contributed by atoms with van der Waals surface area (Å²) in [6, 6.07) is 10.2. The molecule has 0 saturated heterocycles. The number of nitrogens with zero attached hydrogens (tertiary/aromatic N) is 2. The second kappa shape index (κ2) is 5.22. The van der Waals surface area contributed by atoms with Gasteiger partial charge in [-0.15, -0.1) is 0 Å². The summed E-state index contributed by atoms with van der Waals surface area (Å²) in [4.78, 5) is 20.1. The van der Waals surface area contributed by atoms with Crippen molar-refractivity contribution < 1.29 is 14.6 Å². The first-order valence-corrected chi connectivity index (χ1v) is 5.44. The highest BCUT2D eigenvalue weighted by Gasteiger charge is 2.24. The molecule has 0 saturated carbocycles. The zero-order chi connectivity index (χ0) is 14.7. The van der Waals surface area contributed by atoms with Crippen LogP contribution < -0.4 is 10.5 Å². The highest BCUT2D eigenvalue weighted by Crippen LogP contribution is 2.38. The third-order valence-corrected chi connectivity index (χ3v) is 2.47. The van der Waals surface area contributed by atoms with E-state index in [4.69, 9.17) is 10.5 Å². The molecule has 8 nitrogen and oxygen atoms in total. The maximum absolute atomic E-state index is 11.0. The summed E-state index contributed by atoms with van der Waals surface area (Å²) < 4.78 is 5.34. The lowest BCUT2D eigenvalue weighted by Gasteiger charge is -2.07. The maximum Gasteiger partial charge on any atom is 0.318 e. The monoisotopic (exact) mass is 275 g/mol. The van der Waals surface area contributed by atoms with Gasteiger partial charge in [0.25, 0.3) is 5.69 Å². The summed E-state index contributed by atoms with van der Waals surface area (Å²) in [5.74, 6) is 0.216.